The monoisotopic (exact) mass is 579 g/mol. The second-order valence-electron chi connectivity index (χ2n) is 11.0. The van der Waals surface area contributed by atoms with E-state index >= 15 is 0 Å². The number of thiophene rings is 1. The molecule has 3 heterocycles. The Kier molecular flexibility index (Phi) is 5.68. The minimum atomic E-state index is 0.740. The van der Waals surface area contributed by atoms with Crippen LogP contribution in [0.2, 0.25) is 0 Å². The van der Waals surface area contributed by atoms with Crippen molar-refractivity contribution in [2.75, 3.05) is 0 Å². The third-order valence-electron chi connectivity index (χ3n) is 8.42. The Morgan fingerprint density at radius 2 is 1.07 bits per heavy atom. The van der Waals surface area contributed by atoms with Gasteiger partial charge in [0.2, 0.25) is 0 Å². The maximum atomic E-state index is 5.37. The van der Waals surface area contributed by atoms with Gasteiger partial charge in [-0.15, -0.1) is 11.3 Å². The van der Waals surface area contributed by atoms with Crippen molar-refractivity contribution in [2.24, 2.45) is 0 Å². The third-order valence-corrected chi connectivity index (χ3v) is 9.59. The molecule has 4 heteroatoms. The van der Waals surface area contributed by atoms with Gasteiger partial charge in [0.1, 0.15) is 0 Å². The molecule has 0 aliphatic rings. The smallest absolute Gasteiger partial charge is 0.160 e. The van der Waals surface area contributed by atoms with Crippen LogP contribution in [-0.4, -0.2) is 14.5 Å². The van der Waals surface area contributed by atoms with Gasteiger partial charge in [-0.2, -0.15) is 0 Å². The number of para-hydroxylation sites is 1. The van der Waals surface area contributed by atoms with Gasteiger partial charge in [0.15, 0.2) is 5.82 Å². The molecule has 0 unspecified atom stereocenters. The number of benzene rings is 6. The van der Waals surface area contributed by atoms with E-state index in [1.165, 1.54) is 32.1 Å². The predicted molar refractivity (Wildman–Crippen MR) is 186 cm³/mol. The summed E-state index contributed by atoms with van der Waals surface area (Å²) in [5.74, 6) is 0.740. The van der Waals surface area contributed by atoms with Crippen molar-refractivity contribution >= 4 is 53.4 Å². The molecule has 0 saturated carbocycles. The van der Waals surface area contributed by atoms with Crippen LogP contribution in [0.3, 0.4) is 0 Å². The summed E-state index contributed by atoms with van der Waals surface area (Å²) in [5.41, 5.74) is 9.95. The summed E-state index contributed by atoms with van der Waals surface area (Å²) in [7, 11) is 0. The first kappa shape index (κ1) is 25.0. The highest BCUT2D eigenvalue weighted by Gasteiger charge is 2.23. The summed E-state index contributed by atoms with van der Waals surface area (Å²) in [6.45, 7) is 0. The minimum absolute atomic E-state index is 0.740. The third kappa shape index (κ3) is 3.82. The number of hydrogen-bond donors (Lipinski definition) is 0. The van der Waals surface area contributed by atoms with Crippen LogP contribution in [0.4, 0.5) is 0 Å². The van der Waals surface area contributed by atoms with Crippen LogP contribution >= 0.6 is 11.3 Å². The molecule has 3 aromatic heterocycles. The van der Waals surface area contributed by atoms with Crippen molar-refractivity contribution in [3.63, 3.8) is 0 Å². The lowest BCUT2D eigenvalue weighted by atomic mass is 9.96. The Balaban J connectivity index is 1.47. The molecule has 3 nitrogen and oxygen atoms in total. The van der Waals surface area contributed by atoms with E-state index in [0.29, 0.717) is 0 Å². The number of fused-ring (bicyclic) bond motifs is 6. The van der Waals surface area contributed by atoms with Crippen molar-refractivity contribution < 1.29 is 0 Å². The normalized spacial score (nSPS) is 11.6. The molecular formula is C40H25N3S. The summed E-state index contributed by atoms with van der Waals surface area (Å²) < 4.78 is 4.71. The predicted octanol–water partition coefficient (Wildman–Crippen LogP) is 10.9. The second kappa shape index (κ2) is 10.0. The second-order valence-corrected chi connectivity index (χ2v) is 12.0. The molecule has 0 aliphatic heterocycles. The molecule has 0 radical (unpaired) electrons. The van der Waals surface area contributed by atoms with Crippen LogP contribution in [0.1, 0.15) is 0 Å². The Hall–Kier alpha value is -5.58. The molecule has 44 heavy (non-hydrogen) atoms. The first-order valence-corrected chi connectivity index (χ1v) is 15.6. The zero-order chi connectivity index (χ0) is 29.0. The SMILES string of the molecule is c1ccc(-c2nc(-c3cccc4c3c3c(-c5ccccc5)cccc3n4-c3ccccc3)c3sc4ccccc4c3n2)cc1. The van der Waals surface area contributed by atoms with Crippen molar-refractivity contribution in [3.05, 3.63) is 152 Å². The molecule has 0 amide bonds. The first-order chi connectivity index (χ1) is 21.8. The van der Waals surface area contributed by atoms with Gasteiger partial charge < -0.3 is 4.57 Å². The molecule has 0 N–H and O–H groups in total. The lowest BCUT2D eigenvalue weighted by Crippen LogP contribution is -1.95. The maximum Gasteiger partial charge on any atom is 0.160 e. The lowest BCUT2D eigenvalue weighted by molar-refractivity contribution is 1.18. The molecule has 6 aromatic carbocycles. The zero-order valence-electron chi connectivity index (χ0n) is 23.7. The van der Waals surface area contributed by atoms with Gasteiger partial charge in [0, 0.05) is 37.7 Å². The first-order valence-electron chi connectivity index (χ1n) is 14.8. The molecule has 9 rings (SSSR count). The van der Waals surface area contributed by atoms with Gasteiger partial charge in [-0.1, -0.05) is 121 Å². The topological polar surface area (TPSA) is 30.7 Å². The van der Waals surface area contributed by atoms with Crippen LogP contribution in [-0.2, 0) is 0 Å². The van der Waals surface area contributed by atoms with Crippen molar-refractivity contribution in [1.82, 2.24) is 14.5 Å². The maximum absolute atomic E-state index is 5.37. The molecule has 0 spiro atoms. The lowest BCUT2D eigenvalue weighted by Gasteiger charge is -2.10. The molecule has 206 valence electrons. The van der Waals surface area contributed by atoms with Gasteiger partial charge in [0.25, 0.3) is 0 Å². The molecular weight excluding hydrogens is 555 g/mol. The van der Waals surface area contributed by atoms with Gasteiger partial charge in [-0.05, 0) is 41.5 Å². The van der Waals surface area contributed by atoms with Crippen molar-refractivity contribution in [3.8, 4) is 39.5 Å². The fourth-order valence-corrected chi connectivity index (χ4v) is 7.65. The largest absolute Gasteiger partial charge is 0.309 e. The van der Waals surface area contributed by atoms with Gasteiger partial charge in [-0.3, -0.25) is 0 Å². The minimum Gasteiger partial charge on any atom is -0.309 e. The van der Waals surface area contributed by atoms with Crippen LogP contribution in [0.15, 0.2) is 152 Å². The number of hydrogen-bond acceptors (Lipinski definition) is 3. The highest BCUT2D eigenvalue weighted by molar-refractivity contribution is 7.26. The van der Waals surface area contributed by atoms with E-state index in [1.807, 2.05) is 6.07 Å². The quantitative estimate of drug-likeness (QED) is 0.208. The van der Waals surface area contributed by atoms with Crippen molar-refractivity contribution in [1.29, 1.82) is 0 Å². The standard InChI is InChI=1S/C40H25N3S/c1-4-14-26(15-5-1)29-21-12-23-32-35(29)36-31(22-13-24-33(36)43(32)28-18-8-3-9-19-28)38-39-37(30-20-10-11-25-34(30)44-39)41-40(42-38)27-16-6-2-7-17-27/h1-25H. The number of nitrogens with zero attached hydrogens (tertiary/aromatic N) is 3. The average molecular weight is 580 g/mol. The molecule has 0 bridgehead atoms. The van der Waals surface area contributed by atoms with E-state index in [9.17, 15) is 0 Å². The van der Waals surface area contributed by atoms with Crippen LogP contribution < -0.4 is 0 Å². The van der Waals surface area contributed by atoms with E-state index in [0.717, 1.165) is 49.5 Å². The molecule has 0 fully saturated rings. The molecule has 0 aliphatic carbocycles. The molecule has 0 atom stereocenters. The van der Waals surface area contributed by atoms with E-state index in [-0.39, 0.29) is 0 Å². The summed E-state index contributed by atoms with van der Waals surface area (Å²) in [5, 5.41) is 3.58. The van der Waals surface area contributed by atoms with Crippen LogP contribution in [0.25, 0.3) is 81.6 Å². The van der Waals surface area contributed by atoms with E-state index in [4.69, 9.17) is 9.97 Å². The zero-order valence-corrected chi connectivity index (χ0v) is 24.5. The fraction of sp³-hybridized carbons (Fsp3) is 0. The van der Waals surface area contributed by atoms with Crippen molar-refractivity contribution in [2.45, 2.75) is 0 Å². The van der Waals surface area contributed by atoms with Crippen LogP contribution in [0, 0.1) is 0 Å². The molecule has 0 saturated heterocycles. The van der Waals surface area contributed by atoms with E-state index in [1.54, 1.807) is 11.3 Å². The van der Waals surface area contributed by atoms with Gasteiger partial charge in [0.05, 0.1) is 26.9 Å². The summed E-state index contributed by atoms with van der Waals surface area (Å²) in [6, 6.07) is 53.5. The highest BCUT2D eigenvalue weighted by Crippen LogP contribution is 2.46. The fourth-order valence-electron chi connectivity index (χ4n) is 6.51. The summed E-state index contributed by atoms with van der Waals surface area (Å²) in [6.07, 6.45) is 0. The Morgan fingerprint density at radius 1 is 0.477 bits per heavy atom. The Bertz CT molecular complexity index is 2480. The Morgan fingerprint density at radius 3 is 1.80 bits per heavy atom. The van der Waals surface area contributed by atoms with E-state index in [2.05, 4.69) is 150 Å². The highest BCUT2D eigenvalue weighted by atomic mass is 32.1. The van der Waals surface area contributed by atoms with Gasteiger partial charge in [-0.25, -0.2) is 9.97 Å². The number of aromatic nitrogens is 3. The number of rotatable bonds is 4. The van der Waals surface area contributed by atoms with E-state index < -0.39 is 0 Å². The van der Waals surface area contributed by atoms with Crippen LogP contribution in [0.5, 0.6) is 0 Å². The Labute approximate surface area is 258 Å². The summed E-state index contributed by atoms with van der Waals surface area (Å²) >= 11 is 1.77. The summed E-state index contributed by atoms with van der Waals surface area (Å²) in [4.78, 5) is 10.5. The molecule has 9 aromatic rings. The average Bonchev–Trinajstić information content (AvgIpc) is 3.65. The van der Waals surface area contributed by atoms with Gasteiger partial charge >= 0.3 is 0 Å².